The van der Waals surface area contributed by atoms with Gasteiger partial charge in [0.05, 0.1) is 0 Å². The van der Waals surface area contributed by atoms with Crippen LogP contribution < -0.4 is 0 Å². The molecule has 1 unspecified atom stereocenters. The van der Waals surface area contributed by atoms with Crippen LogP contribution in [0.2, 0.25) is 0 Å². The molecule has 0 aliphatic carbocycles. The number of allylic oxidation sites excluding steroid dienone is 22. The number of hydrogen-bond acceptors (Lipinski definition) is 6. The summed E-state index contributed by atoms with van der Waals surface area (Å²) in [5.74, 6) is -0.948. The molecule has 0 aliphatic heterocycles. The molecule has 0 radical (unpaired) electrons. The first kappa shape index (κ1) is 68.6. The zero-order chi connectivity index (χ0) is 52.9. The zero-order valence-electron chi connectivity index (χ0n) is 47.1. The molecular formula is C67H108O6. The van der Waals surface area contributed by atoms with Gasteiger partial charge in [0.15, 0.2) is 6.10 Å². The molecule has 0 rings (SSSR count). The normalized spacial score (nSPS) is 13.1. The third-order valence-electron chi connectivity index (χ3n) is 12.1. The van der Waals surface area contributed by atoms with Crippen molar-refractivity contribution in [2.75, 3.05) is 13.2 Å². The summed E-state index contributed by atoms with van der Waals surface area (Å²) in [5, 5.41) is 0. The third-order valence-corrected chi connectivity index (χ3v) is 12.1. The van der Waals surface area contributed by atoms with Crippen molar-refractivity contribution < 1.29 is 28.6 Å². The summed E-state index contributed by atoms with van der Waals surface area (Å²) < 4.78 is 16.8. The average molecular weight is 1010 g/mol. The van der Waals surface area contributed by atoms with Crippen molar-refractivity contribution in [2.45, 2.75) is 258 Å². The molecule has 412 valence electrons. The van der Waals surface area contributed by atoms with Gasteiger partial charge in [0.1, 0.15) is 13.2 Å². The van der Waals surface area contributed by atoms with Crippen LogP contribution in [0.15, 0.2) is 134 Å². The van der Waals surface area contributed by atoms with Crippen molar-refractivity contribution >= 4 is 17.9 Å². The number of carbonyl (C=O) groups is 3. The Kier molecular flexibility index (Phi) is 56.4. The van der Waals surface area contributed by atoms with Crippen LogP contribution in [0.3, 0.4) is 0 Å². The highest BCUT2D eigenvalue weighted by Gasteiger charge is 2.19. The van der Waals surface area contributed by atoms with E-state index in [0.717, 1.165) is 173 Å². The second-order valence-electron chi connectivity index (χ2n) is 19.1. The molecule has 0 saturated carbocycles. The summed E-state index contributed by atoms with van der Waals surface area (Å²) in [6.45, 7) is 6.35. The Hall–Kier alpha value is -4.45. The molecule has 6 heteroatoms. The molecule has 0 heterocycles. The Morgan fingerprint density at radius 1 is 0.288 bits per heavy atom. The van der Waals surface area contributed by atoms with E-state index in [2.05, 4.69) is 154 Å². The summed E-state index contributed by atoms with van der Waals surface area (Å²) in [5.41, 5.74) is 0. The molecule has 0 N–H and O–H groups in total. The van der Waals surface area contributed by atoms with E-state index in [-0.39, 0.29) is 31.1 Å². The number of ether oxygens (including phenoxy) is 3. The topological polar surface area (TPSA) is 78.9 Å². The van der Waals surface area contributed by atoms with Gasteiger partial charge in [-0.15, -0.1) is 0 Å². The summed E-state index contributed by atoms with van der Waals surface area (Å²) in [7, 11) is 0. The van der Waals surface area contributed by atoms with E-state index < -0.39 is 6.10 Å². The van der Waals surface area contributed by atoms with Gasteiger partial charge in [-0.1, -0.05) is 231 Å². The molecule has 1 atom stereocenters. The largest absolute Gasteiger partial charge is 0.462 e. The summed E-state index contributed by atoms with van der Waals surface area (Å²) >= 11 is 0. The standard InChI is InChI=1S/C67H108O6/c1-4-7-10-13-16-19-22-25-27-28-29-30-31-32-33-34-35-36-37-38-40-42-45-48-51-54-57-60-66(69)72-63-64(62-71-65(68)59-56-53-50-47-44-41-24-21-18-15-12-9-6-3)73-67(70)61-58-55-52-49-46-43-39-26-23-20-17-14-11-8-5-2/h7-8,10-11,16-17,19-21,24-27,29-30,32-33,35-36,38-40,64H,4-6,9,12-15,18,22-23,28,31,34,37,41-63H2,1-3H3/b10-7-,11-8-,19-16-,20-17-,24-21-,27-25-,30-29-,33-32-,36-35-,39-26-,40-38-. The van der Waals surface area contributed by atoms with Gasteiger partial charge in [-0.2, -0.15) is 0 Å². The minimum absolute atomic E-state index is 0.0995. The number of rotatable bonds is 52. The number of esters is 3. The van der Waals surface area contributed by atoms with Gasteiger partial charge in [-0.3, -0.25) is 14.4 Å². The van der Waals surface area contributed by atoms with Crippen molar-refractivity contribution in [2.24, 2.45) is 0 Å². The van der Waals surface area contributed by atoms with E-state index in [9.17, 15) is 14.4 Å². The fraction of sp³-hybridized carbons (Fsp3) is 0.627. The van der Waals surface area contributed by atoms with Gasteiger partial charge in [0.25, 0.3) is 0 Å². The SMILES string of the molecule is CC/C=C\C/C=C\C/C=C\C/C=C\C/C=C\C/C=C\C/C=C\CCCCCCCC(=O)OCC(COC(=O)CCCCCCC/C=C\CCCCCC)OC(=O)CCCCCCC/C=C\C/C=C\C/C=C\CC. The van der Waals surface area contributed by atoms with E-state index in [4.69, 9.17) is 14.2 Å². The van der Waals surface area contributed by atoms with Crippen LogP contribution in [0.1, 0.15) is 252 Å². The Labute approximate surface area is 449 Å². The van der Waals surface area contributed by atoms with Crippen molar-refractivity contribution in [3.63, 3.8) is 0 Å². The molecule has 6 nitrogen and oxygen atoms in total. The predicted molar refractivity (Wildman–Crippen MR) is 316 cm³/mol. The van der Waals surface area contributed by atoms with Gasteiger partial charge in [-0.05, 0) is 135 Å². The van der Waals surface area contributed by atoms with Gasteiger partial charge in [0, 0.05) is 19.3 Å². The Balaban J connectivity index is 4.40. The van der Waals surface area contributed by atoms with Crippen LogP contribution in [-0.4, -0.2) is 37.2 Å². The lowest BCUT2D eigenvalue weighted by molar-refractivity contribution is -0.167. The highest BCUT2D eigenvalue weighted by atomic mass is 16.6. The second-order valence-corrected chi connectivity index (χ2v) is 19.1. The molecule has 0 aliphatic rings. The maximum absolute atomic E-state index is 12.8. The summed E-state index contributed by atoms with van der Waals surface area (Å²) in [4.78, 5) is 38.2. The van der Waals surface area contributed by atoms with Crippen LogP contribution >= 0.6 is 0 Å². The number of hydrogen-bond donors (Lipinski definition) is 0. The predicted octanol–water partition coefficient (Wildman–Crippen LogP) is 20.2. The average Bonchev–Trinajstić information content (AvgIpc) is 3.39. The molecule has 73 heavy (non-hydrogen) atoms. The van der Waals surface area contributed by atoms with E-state index in [1.807, 2.05) is 0 Å². The fourth-order valence-corrected chi connectivity index (χ4v) is 7.72. The van der Waals surface area contributed by atoms with Crippen LogP contribution in [-0.2, 0) is 28.6 Å². The van der Waals surface area contributed by atoms with E-state index in [1.54, 1.807) is 0 Å². The monoisotopic (exact) mass is 1010 g/mol. The first-order valence-electron chi connectivity index (χ1n) is 29.7. The summed E-state index contributed by atoms with van der Waals surface area (Å²) in [6, 6.07) is 0. The minimum atomic E-state index is -0.804. The lowest BCUT2D eigenvalue weighted by atomic mass is 10.1. The first-order chi connectivity index (χ1) is 36.0. The Morgan fingerprint density at radius 3 is 0.849 bits per heavy atom. The van der Waals surface area contributed by atoms with Gasteiger partial charge in [-0.25, -0.2) is 0 Å². The Morgan fingerprint density at radius 2 is 0.534 bits per heavy atom. The van der Waals surface area contributed by atoms with Crippen LogP contribution in [0.5, 0.6) is 0 Å². The van der Waals surface area contributed by atoms with Crippen LogP contribution in [0.25, 0.3) is 0 Å². The summed E-state index contributed by atoms with van der Waals surface area (Å²) in [6.07, 6.45) is 84.4. The van der Waals surface area contributed by atoms with E-state index in [0.29, 0.717) is 19.3 Å². The lowest BCUT2D eigenvalue weighted by Gasteiger charge is -2.18. The van der Waals surface area contributed by atoms with Crippen molar-refractivity contribution in [1.29, 1.82) is 0 Å². The smallest absolute Gasteiger partial charge is 0.306 e. The van der Waals surface area contributed by atoms with Crippen molar-refractivity contribution in [1.82, 2.24) is 0 Å². The third kappa shape index (κ3) is 58.3. The fourth-order valence-electron chi connectivity index (χ4n) is 7.72. The molecule has 0 aromatic heterocycles. The molecule has 0 spiro atoms. The zero-order valence-corrected chi connectivity index (χ0v) is 47.1. The first-order valence-corrected chi connectivity index (χ1v) is 29.7. The number of carbonyl (C=O) groups excluding carboxylic acids is 3. The molecule has 0 aromatic rings. The van der Waals surface area contributed by atoms with Gasteiger partial charge >= 0.3 is 17.9 Å². The molecule has 0 bridgehead atoms. The maximum atomic E-state index is 12.8. The molecular weight excluding hydrogens is 901 g/mol. The van der Waals surface area contributed by atoms with Gasteiger partial charge in [0.2, 0.25) is 0 Å². The highest BCUT2D eigenvalue weighted by Crippen LogP contribution is 2.14. The molecule has 0 fully saturated rings. The molecule has 0 aromatic carbocycles. The quantitative estimate of drug-likeness (QED) is 0.0261. The van der Waals surface area contributed by atoms with Gasteiger partial charge < -0.3 is 14.2 Å². The van der Waals surface area contributed by atoms with Crippen LogP contribution in [0, 0.1) is 0 Å². The molecule has 0 amide bonds. The lowest BCUT2D eigenvalue weighted by Crippen LogP contribution is -2.30. The molecule has 0 saturated heterocycles. The van der Waals surface area contributed by atoms with Crippen LogP contribution in [0.4, 0.5) is 0 Å². The highest BCUT2D eigenvalue weighted by molar-refractivity contribution is 5.71. The Bertz CT molecular complexity index is 1580. The minimum Gasteiger partial charge on any atom is -0.462 e. The van der Waals surface area contributed by atoms with E-state index >= 15 is 0 Å². The second kappa shape index (κ2) is 60.1. The maximum Gasteiger partial charge on any atom is 0.306 e. The number of unbranched alkanes of at least 4 members (excludes halogenated alkanes) is 19. The van der Waals surface area contributed by atoms with E-state index in [1.165, 1.54) is 38.5 Å². The van der Waals surface area contributed by atoms with Crippen molar-refractivity contribution in [3.8, 4) is 0 Å². The van der Waals surface area contributed by atoms with Crippen molar-refractivity contribution in [3.05, 3.63) is 134 Å².